The van der Waals surface area contributed by atoms with Crippen LogP contribution in [-0.2, 0) is 13.1 Å². The Bertz CT molecular complexity index is 839. The quantitative estimate of drug-likeness (QED) is 0.736. The molecule has 3 rings (SSSR count). The average Bonchev–Trinajstić information content (AvgIpc) is 3.08. The second-order valence-corrected chi connectivity index (χ2v) is 8.39. The number of rotatable bonds is 6. The Hall–Kier alpha value is -2.10. The van der Waals surface area contributed by atoms with Crippen molar-refractivity contribution in [3.8, 4) is 11.8 Å². The van der Waals surface area contributed by atoms with Gasteiger partial charge in [0.15, 0.2) is 0 Å². The van der Waals surface area contributed by atoms with Crippen molar-refractivity contribution in [3.63, 3.8) is 0 Å². The standard InChI is InChI=1S/C24H32N2O3/c1-19-4-9-23(29-19)18-26-14-13-25(17-22(26)11-15-27)16-21-7-5-20(6-8-21)10-12-24(2,3)28/h4-9,22,27-28H,11,13-18H2,1-3H3/t22-/m1/s1. The Kier molecular flexibility index (Phi) is 7.15. The highest BCUT2D eigenvalue weighted by Crippen LogP contribution is 2.19. The van der Waals surface area contributed by atoms with Crippen molar-refractivity contribution in [2.45, 2.75) is 51.9 Å². The first-order chi connectivity index (χ1) is 13.8. The Morgan fingerprint density at radius 1 is 1.10 bits per heavy atom. The number of aryl methyl sites for hydroxylation is 1. The SMILES string of the molecule is Cc1ccc(CN2CCN(Cc3ccc(C#CC(C)(C)O)cc3)C[C@H]2CCO)o1. The molecule has 0 spiro atoms. The minimum atomic E-state index is -0.978. The summed E-state index contributed by atoms with van der Waals surface area (Å²) in [5.74, 6) is 7.78. The van der Waals surface area contributed by atoms with Crippen LogP contribution >= 0.6 is 0 Å². The normalized spacial score (nSPS) is 18.4. The van der Waals surface area contributed by atoms with Crippen LogP contribution < -0.4 is 0 Å². The zero-order valence-electron chi connectivity index (χ0n) is 17.7. The first-order valence-electron chi connectivity index (χ1n) is 10.3. The van der Waals surface area contributed by atoms with Gasteiger partial charge in [-0.15, -0.1) is 0 Å². The number of furan rings is 1. The molecule has 0 saturated carbocycles. The molecule has 1 aromatic heterocycles. The molecule has 0 aliphatic carbocycles. The molecular weight excluding hydrogens is 364 g/mol. The van der Waals surface area contributed by atoms with Crippen LogP contribution in [0.5, 0.6) is 0 Å². The minimum Gasteiger partial charge on any atom is -0.465 e. The van der Waals surface area contributed by atoms with Gasteiger partial charge in [-0.25, -0.2) is 0 Å². The van der Waals surface area contributed by atoms with Crippen LogP contribution in [-0.4, -0.2) is 57.9 Å². The van der Waals surface area contributed by atoms with E-state index in [9.17, 15) is 10.2 Å². The van der Waals surface area contributed by atoms with Crippen LogP contribution in [0.4, 0.5) is 0 Å². The molecule has 1 aliphatic rings. The molecule has 1 atom stereocenters. The summed E-state index contributed by atoms with van der Waals surface area (Å²) in [5.41, 5.74) is 1.18. The molecule has 1 fully saturated rings. The van der Waals surface area contributed by atoms with Crippen molar-refractivity contribution >= 4 is 0 Å². The Morgan fingerprint density at radius 3 is 2.48 bits per heavy atom. The van der Waals surface area contributed by atoms with Crippen molar-refractivity contribution in [3.05, 3.63) is 59.0 Å². The van der Waals surface area contributed by atoms with Gasteiger partial charge >= 0.3 is 0 Å². The van der Waals surface area contributed by atoms with E-state index in [-0.39, 0.29) is 6.61 Å². The summed E-state index contributed by atoms with van der Waals surface area (Å²) < 4.78 is 5.74. The van der Waals surface area contributed by atoms with E-state index in [2.05, 4.69) is 33.8 Å². The third kappa shape index (κ3) is 6.73. The molecule has 2 heterocycles. The summed E-state index contributed by atoms with van der Waals surface area (Å²) in [6, 6.07) is 12.6. The van der Waals surface area contributed by atoms with Gasteiger partial charge in [0.2, 0.25) is 0 Å². The molecule has 5 nitrogen and oxygen atoms in total. The smallest absolute Gasteiger partial charge is 0.120 e. The molecule has 1 saturated heterocycles. The predicted molar refractivity (Wildman–Crippen MR) is 114 cm³/mol. The molecule has 2 aromatic rings. The minimum absolute atomic E-state index is 0.195. The first-order valence-corrected chi connectivity index (χ1v) is 10.3. The summed E-state index contributed by atoms with van der Waals surface area (Å²) in [5, 5.41) is 19.2. The van der Waals surface area contributed by atoms with E-state index >= 15 is 0 Å². The van der Waals surface area contributed by atoms with Crippen molar-refractivity contribution < 1.29 is 14.6 Å². The molecule has 0 unspecified atom stereocenters. The summed E-state index contributed by atoms with van der Waals surface area (Å²) in [6.45, 7) is 10.1. The molecule has 0 amide bonds. The van der Waals surface area contributed by atoms with Crippen LogP contribution in [0.3, 0.4) is 0 Å². The van der Waals surface area contributed by atoms with Gasteiger partial charge in [-0.1, -0.05) is 24.0 Å². The van der Waals surface area contributed by atoms with E-state index < -0.39 is 5.60 Å². The molecule has 29 heavy (non-hydrogen) atoms. The monoisotopic (exact) mass is 396 g/mol. The van der Waals surface area contributed by atoms with Gasteiger partial charge in [0, 0.05) is 44.4 Å². The zero-order chi connectivity index (χ0) is 20.9. The van der Waals surface area contributed by atoms with Crippen LogP contribution in [0.1, 0.15) is 42.9 Å². The molecule has 0 bridgehead atoms. The lowest BCUT2D eigenvalue weighted by molar-refractivity contribution is 0.0454. The molecule has 5 heteroatoms. The molecule has 0 radical (unpaired) electrons. The Labute approximate surface area is 173 Å². The van der Waals surface area contributed by atoms with Crippen molar-refractivity contribution in [2.75, 3.05) is 26.2 Å². The van der Waals surface area contributed by atoms with Crippen molar-refractivity contribution in [1.29, 1.82) is 0 Å². The summed E-state index contributed by atoms with van der Waals surface area (Å²) in [7, 11) is 0. The van der Waals surface area contributed by atoms with Crippen molar-refractivity contribution in [2.24, 2.45) is 0 Å². The van der Waals surface area contributed by atoms with Crippen LogP contribution in [0.2, 0.25) is 0 Å². The van der Waals surface area contributed by atoms with Gasteiger partial charge in [0.05, 0.1) is 6.54 Å². The molecule has 1 aromatic carbocycles. The number of hydrogen-bond acceptors (Lipinski definition) is 5. The number of aliphatic hydroxyl groups excluding tert-OH is 1. The first kappa shape index (κ1) is 21.6. The molecule has 2 N–H and O–H groups in total. The number of hydrogen-bond donors (Lipinski definition) is 2. The topological polar surface area (TPSA) is 60.1 Å². The van der Waals surface area contributed by atoms with E-state index in [4.69, 9.17) is 4.42 Å². The lowest BCUT2D eigenvalue weighted by Gasteiger charge is -2.41. The van der Waals surface area contributed by atoms with Gasteiger partial charge in [-0.3, -0.25) is 9.80 Å². The highest BCUT2D eigenvalue weighted by Gasteiger charge is 2.27. The number of benzene rings is 1. The van der Waals surface area contributed by atoms with E-state index in [0.717, 1.165) is 56.2 Å². The zero-order valence-corrected chi connectivity index (χ0v) is 17.7. The van der Waals surface area contributed by atoms with Gasteiger partial charge in [-0.2, -0.15) is 0 Å². The maximum absolute atomic E-state index is 9.73. The summed E-state index contributed by atoms with van der Waals surface area (Å²) in [4.78, 5) is 4.86. The van der Waals surface area contributed by atoms with Crippen LogP contribution in [0, 0.1) is 18.8 Å². The number of nitrogens with zero attached hydrogens (tertiary/aromatic N) is 2. The van der Waals surface area contributed by atoms with Crippen LogP contribution in [0.15, 0.2) is 40.8 Å². The highest BCUT2D eigenvalue weighted by atomic mass is 16.3. The number of aliphatic hydroxyl groups is 2. The molecule has 156 valence electrons. The maximum Gasteiger partial charge on any atom is 0.120 e. The van der Waals surface area contributed by atoms with Crippen LogP contribution in [0.25, 0.3) is 0 Å². The second-order valence-electron chi connectivity index (χ2n) is 8.39. The molecule has 1 aliphatic heterocycles. The van der Waals surface area contributed by atoms with Crippen molar-refractivity contribution in [1.82, 2.24) is 9.80 Å². The third-order valence-electron chi connectivity index (χ3n) is 5.18. The second kappa shape index (κ2) is 9.60. The van der Waals surface area contributed by atoms with Gasteiger partial charge in [0.25, 0.3) is 0 Å². The molecular formula is C24H32N2O3. The summed E-state index contributed by atoms with van der Waals surface area (Å²) in [6.07, 6.45) is 0.766. The van der Waals surface area contributed by atoms with E-state index in [1.807, 2.05) is 31.2 Å². The van der Waals surface area contributed by atoms with E-state index in [1.165, 1.54) is 5.56 Å². The van der Waals surface area contributed by atoms with Gasteiger partial charge in [0.1, 0.15) is 17.1 Å². The largest absolute Gasteiger partial charge is 0.465 e. The predicted octanol–water partition coefficient (Wildman–Crippen LogP) is 2.78. The van der Waals surface area contributed by atoms with E-state index in [0.29, 0.717) is 6.04 Å². The Balaban J connectivity index is 1.58. The Morgan fingerprint density at radius 2 is 1.86 bits per heavy atom. The third-order valence-corrected chi connectivity index (χ3v) is 5.18. The van der Waals surface area contributed by atoms with Gasteiger partial charge in [-0.05, 0) is 57.0 Å². The fourth-order valence-corrected chi connectivity index (χ4v) is 3.68. The van der Waals surface area contributed by atoms with E-state index in [1.54, 1.807) is 13.8 Å². The maximum atomic E-state index is 9.73. The fourth-order valence-electron chi connectivity index (χ4n) is 3.68. The highest BCUT2D eigenvalue weighted by molar-refractivity contribution is 5.37. The van der Waals surface area contributed by atoms with Gasteiger partial charge < -0.3 is 14.6 Å². The fraction of sp³-hybridized carbons (Fsp3) is 0.500. The summed E-state index contributed by atoms with van der Waals surface area (Å²) >= 11 is 0. The average molecular weight is 397 g/mol. The lowest BCUT2D eigenvalue weighted by atomic mass is 10.1. The number of piperazine rings is 1. The lowest BCUT2D eigenvalue weighted by Crippen LogP contribution is -2.52.